The van der Waals surface area contributed by atoms with Crippen LogP contribution in [0.2, 0.25) is 0 Å². The van der Waals surface area contributed by atoms with Crippen molar-refractivity contribution in [3.05, 3.63) is 311 Å². The minimum absolute atomic E-state index is 0.148. The first kappa shape index (κ1) is 80.4. The standard InChI is InChI=1S/2C33H46N.C20H20N.C19H18N/c2*1-21(2)32(22(3)4)28-17-27(18-29(19-28)33(23(5)6)24(7)8)26-15-16-34(10)31(20-26)30-14-12-11-13-25(30)9;1-15-7-6-9-17(13-15)18-11-12-20(21(3)14-18)19-10-5-4-8-16(19)2;1-15-8-6-7-11-18(15)19-13-12-17(14-20(19)2)16-9-4-3-5-10-16/h2*11-24,32-33H,1-10H3;4-14H,1-3H3;3-14H,1-2H3/q4*+1/i32D,33D;;;. The first-order valence-electron chi connectivity index (χ1n) is 41.3. The van der Waals surface area contributed by atoms with Crippen LogP contribution in [0.15, 0.2) is 261 Å². The van der Waals surface area contributed by atoms with Crippen molar-refractivity contribution in [3.63, 3.8) is 0 Å². The predicted molar refractivity (Wildman–Crippen MR) is 467 cm³/mol. The summed E-state index contributed by atoms with van der Waals surface area (Å²) in [6.45, 7) is 47.0. The highest BCUT2D eigenvalue weighted by molar-refractivity contribution is 5.74. The molecule has 12 rings (SSSR count). The SMILES string of the molecule is Cc1cccc(-c2ccc(-c3ccccc3C)[n+](C)c2)c1.Cc1ccccc1-c1cc(-c2cc(C(C(C)C)C(C)C)cc(C(C(C)C)C(C)C)c2)cc[n+]1C.Cc1ccccc1-c1ccc(-c2ccccc2)c[n+]1C.[2H]C(c1cc(-c2cc[n+](C)c(-c3ccccc3C)c2)cc(C([2H])(C(C)C)C(C)C)c1)(C(C)C)C(C)C. The van der Waals surface area contributed by atoms with Crippen molar-refractivity contribution in [2.45, 2.75) is 169 Å². The number of pyridine rings is 4. The van der Waals surface area contributed by atoms with Crippen LogP contribution in [-0.4, -0.2) is 0 Å². The quantitative estimate of drug-likeness (QED) is 0.0676. The average molecular weight is 1450 g/mol. The molecule has 0 radical (unpaired) electrons. The van der Waals surface area contributed by atoms with Crippen LogP contribution >= 0.6 is 0 Å². The van der Waals surface area contributed by atoms with Crippen LogP contribution in [0, 0.1) is 82.0 Å². The highest BCUT2D eigenvalue weighted by atomic mass is 14.9. The van der Waals surface area contributed by atoms with Crippen molar-refractivity contribution in [1.82, 2.24) is 0 Å². The molecule has 0 amide bonds. The Hall–Kier alpha value is -9.64. The van der Waals surface area contributed by atoms with Crippen molar-refractivity contribution in [2.24, 2.45) is 75.5 Å². The zero-order valence-corrected chi connectivity index (χ0v) is 70.9. The molecule has 0 atom stereocenters. The number of nitrogens with zero attached hydrogens (tertiary/aromatic N) is 4. The molecule has 0 aliphatic carbocycles. The van der Waals surface area contributed by atoms with Gasteiger partial charge >= 0.3 is 0 Å². The summed E-state index contributed by atoms with van der Waals surface area (Å²) in [6.07, 6.45) is 8.74. The van der Waals surface area contributed by atoms with Crippen molar-refractivity contribution in [1.29, 1.82) is 0 Å². The van der Waals surface area contributed by atoms with Crippen LogP contribution in [0.3, 0.4) is 0 Å². The molecule has 0 N–H and O–H groups in total. The molecule has 0 fully saturated rings. The van der Waals surface area contributed by atoms with Crippen LogP contribution in [0.1, 0.15) is 187 Å². The Balaban J connectivity index is 0.000000175. The fraction of sp³-hybridized carbons (Fsp3) is 0.352. The summed E-state index contributed by atoms with van der Waals surface area (Å²) in [5.41, 5.74) is 31.3. The molecule has 109 heavy (non-hydrogen) atoms. The lowest BCUT2D eigenvalue weighted by Gasteiger charge is -2.30. The van der Waals surface area contributed by atoms with Gasteiger partial charge in [0.2, 0.25) is 22.8 Å². The third kappa shape index (κ3) is 21.0. The van der Waals surface area contributed by atoms with E-state index in [0.29, 0.717) is 35.5 Å². The predicted octanol–water partition coefficient (Wildman–Crippen LogP) is 26.5. The summed E-state index contributed by atoms with van der Waals surface area (Å²) >= 11 is 0. The van der Waals surface area contributed by atoms with Crippen molar-refractivity contribution in [2.75, 3.05) is 0 Å². The van der Waals surface area contributed by atoms with E-state index < -0.39 is 11.8 Å². The number of hydrogen-bond acceptors (Lipinski definition) is 0. The largest absolute Gasteiger partial charge is 0.213 e. The Morgan fingerprint density at radius 3 is 0.862 bits per heavy atom. The smallest absolute Gasteiger partial charge is 0.201 e. The van der Waals surface area contributed by atoms with E-state index in [4.69, 9.17) is 0 Å². The molecule has 566 valence electrons. The maximum Gasteiger partial charge on any atom is 0.213 e. The van der Waals surface area contributed by atoms with Gasteiger partial charge in [0.25, 0.3) is 0 Å². The number of aryl methyl sites for hydroxylation is 9. The van der Waals surface area contributed by atoms with Gasteiger partial charge in [-0.2, -0.15) is 0 Å². The molecule has 0 bridgehead atoms. The molecule has 4 nitrogen and oxygen atoms in total. The minimum Gasteiger partial charge on any atom is -0.201 e. The van der Waals surface area contributed by atoms with Gasteiger partial charge in [0.1, 0.15) is 28.2 Å². The Labute approximate surface area is 662 Å². The Morgan fingerprint density at radius 2 is 0.532 bits per heavy atom. The third-order valence-electron chi connectivity index (χ3n) is 22.1. The topological polar surface area (TPSA) is 15.5 Å². The molecule has 0 saturated carbocycles. The van der Waals surface area contributed by atoms with E-state index in [2.05, 4.69) is 447 Å². The van der Waals surface area contributed by atoms with Gasteiger partial charge in [-0.05, 0) is 220 Å². The second-order valence-electron chi connectivity index (χ2n) is 33.4. The van der Waals surface area contributed by atoms with Crippen LogP contribution in [-0.2, 0) is 28.2 Å². The van der Waals surface area contributed by atoms with Gasteiger partial charge in [0.05, 0.1) is 0 Å². The van der Waals surface area contributed by atoms with Crippen molar-refractivity contribution < 1.29 is 21.0 Å². The number of benzene rings is 8. The summed E-state index contributed by atoms with van der Waals surface area (Å²) in [5.74, 6) is 2.65. The fourth-order valence-corrected chi connectivity index (χ4v) is 17.1. The second-order valence-corrected chi connectivity index (χ2v) is 33.4. The fourth-order valence-electron chi connectivity index (χ4n) is 17.1. The monoisotopic (exact) mass is 1450 g/mol. The zero-order chi connectivity index (χ0) is 80.9. The lowest BCUT2D eigenvalue weighted by atomic mass is 9.75. The van der Waals surface area contributed by atoms with Gasteiger partial charge in [-0.15, -0.1) is 0 Å². The molecule has 0 saturated heterocycles. The first-order valence-corrected chi connectivity index (χ1v) is 40.3. The van der Waals surface area contributed by atoms with Gasteiger partial charge in [-0.3, -0.25) is 0 Å². The molecular weight excluding hydrogens is 1320 g/mol. The Bertz CT molecular complexity index is 4980. The van der Waals surface area contributed by atoms with Crippen molar-refractivity contribution >= 4 is 0 Å². The first-order chi connectivity index (χ1) is 52.6. The maximum absolute atomic E-state index is 9.62. The van der Waals surface area contributed by atoms with E-state index in [1.54, 1.807) is 0 Å². The van der Waals surface area contributed by atoms with Crippen LogP contribution < -0.4 is 18.3 Å². The molecule has 0 aliphatic rings. The van der Waals surface area contributed by atoms with E-state index in [-0.39, 0.29) is 23.7 Å². The highest BCUT2D eigenvalue weighted by Gasteiger charge is 2.29. The molecule has 4 heteroatoms. The minimum atomic E-state index is -0.738. The molecular formula is C105H130N4+4. The number of rotatable bonds is 20. The lowest BCUT2D eigenvalue weighted by Crippen LogP contribution is -2.30. The third-order valence-corrected chi connectivity index (χ3v) is 22.1. The van der Waals surface area contributed by atoms with Gasteiger partial charge in [-0.1, -0.05) is 280 Å². The lowest BCUT2D eigenvalue weighted by molar-refractivity contribution is -0.660. The van der Waals surface area contributed by atoms with Gasteiger partial charge in [-0.25, -0.2) is 18.3 Å². The van der Waals surface area contributed by atoms with Crippen LogP contribution in [0.4, 0.5) is 0 Å². The second kappa shape index (κ2) is 38.1. The van der Waals surface area contributed by atoms with Gasteiger partial charge < -0.3 is 0 Å². The molecule has 0 spiro atoms. The van der Waals surface area contributed by atoms with E-state index in [0.717, 1.165) is 27.9 Å². The van der Waals surface area contributed by atoms with E-state index in [1.165, 1.54) is 112 Å². The maximum atomic E-state index is 9.62. The summed E-state index contributed by atoms with van der Waals surface area (Å²) in [5, 5.41) is 0. The highest BCUT2D eigenvalue weighted by Crippen LogP contribution is 2.43. The molecule has 4 heterocycles. The van der Waals surface area contributed by atoms with Crippen LogP contribution in [0.5, 0.6) is 0 Å². The van der Waals surface area contributed by atoms with E-state index in [9.17, 15) is 2.74 Å². The summed E-state index contributed by atoms with van der Waals surface area (Å²) in [7, 11) is 8.45. The van der Waals surface area contributed by atoms with Crippen molar-refractivity contribution in [3.8, 4) is 89.5 Å². The Kier molecular flexibility index (Phi) is 28.1. The normalized spacial score (nSPS) is 12.1. The summed E-state index contributed by atoms with van der Waals surface area (Å²) in [6, 6.07) is 85.3. The summed E-state index contributed by atoms with van der Waals surface area (Å²) < 4.78 is 28.1. The zero-order valence-electron chi connectivity index (χ0n) is 72.9. The number of aromatic nitrogens is 4. The van der Waals surface area contributed by atoms with E-state index in [1.807, 2.05) is 6.07 Å². The molecule has 4 aromatic heterocycles. The van der Waals surface area contributed by atoms with E-state index >= 15 is 0 Å². The summed E-state index contributed by atoms with van der Waals surface area (Å²) in [4.78, 5) is 0. The average Bonchev–Trinajstić information content (AvgIpc) is 0.754. The number of hydrogen-bond donors (Lipinski definition) is 0. The van der Waals surface area contributed by atoms with Gasteiger partial charge in [0.15, 0.2) is 24.8 Å². The van der Waals surface area contributed by atoms with Gasteiger partial charge in [0, 0.05) is 72.5 Å². The molecule has 12 aromatic rings. The molecule has 0 unspecified atom stereocenters. The van der Waals surface area contributed by atoms with Crippen LogP contribution in [0.25, 0.3) is 89.5 Å². The Morgan fingerprint density at radius 1 is 0.229 bits per heavy atom. The molecule has 8 aromatic carbocycles. The molecule has 0 aliphatic heterocycles.